The maximum atomic E-state index is 5.27. The van der Waals surface area contributed by atoms with Crippen LogP contribution in [0.25, 0.3) is 0 Å². The minimum atomic E-state index is 0.0847. The number of hydrogen-bond donors (Lipinski definition) is 1. The van der Waals surface area contributed by atoms with E-state index in [0.717, 1.165) is 29.3 Å². The minimum Gasteiger partial charge on any atom is -0.361 e. The first-order valence-corrected chi connectivity index (χ1v) is 6.98. The topological polar surface area (TPSA) is 55.9 Å². The maximum absolute atomic E-state index is 5.27. The van der Waals surface area contributed by atoms with Crippen molar-refractivity contribution in [2.24, 2.45) is 0 Å². The third kappa shape index (κ3) is 3.10. The van der Waals surface area contributed by atoms with Crippen molar-refractivity contribution in [1.29, 1.82) is 0 Å². The van der Waals surface area contributed by atoms with E-state index in [2.05, 4.69) is 47.7 Å². The highest BCUT2D eigenvalue weighted by Crippen LogP contribution is 2.25. The molecule has 0 aliphatic rings. The van der Waals surface area contributed by atoms with Crippen LogP contribution in [-0.4, -0.2) is 20.2 Å². The largest absolute Gasteiger partial charge is 0.361 e. The lowest BCUT2D eigenvalue weighted by Gasteiger charge is -2.22. The third-order valence-corrected chi connectivity index (χ3v) is 3.47. The maximum Gasteiger partial charge on any atom is 0.139 e. The van der Waals surface area contributed by atoms with Crippen LogP contribution in [0.1, 0.15) is 56.4 Å². The number of rotatable bonds is 4. The number of imidazole rings is 1. The number of nitrogens with zero attached hydrogens (tertiary/aromatic N) is 3. The quantitative estimate of drug-likeness (QED) is 0.932. The molecule has 0 aromatic carbocycles. The summed E-state index contributed by atoms with van der Waals surface area (Å²) in [4.78, 5) is 4.29. The molecule has 2 aromatic heterocycles. The summed E-state index contributed by atoms with van der Waals surface area (Å²) in [6, 6.07) is 0.167. The van der Waals surface area contributed by atoms with Gasteiger partial charge in [0.25, 0.3) is 0 Å². The van der Waals surface area contributed by atoms with E-state index in [1.807, 2.05) is 26.4 Å². The summed E-state index contributed by atoms with van der Waals surface area (Å²) in [5, 5.41) is 7.53. The normalized spacial score (nSPS) is 13.7. The second-order valence-electron chi connectivity index (χ2n) is 6.31. The van der Waals surface area contributed by atoms with Gasteiger partial charge in [0.05, 0.1) is 23.8 Å². The molecule has 0 aliphatic heterocycles. The molecule has 0 radical (unpaired) electrons. The molecular formula is C15H24N4O. The highest BCUT2D eigenvalue weighted by Gasteiger charge is 2.20. The van der Waals surface area contributed by atoms with E-state index in [-0.39, 0.29) is 11.6 Å². The van der Waals surface area contributed by atoms with Crippen LogP contribution < -0.4 is 5.32 Å². The second kappa shape index (κ2) is 5.40. The lowest BCUT2D eigenvalue weighted by atomic mass is 10.1. The molecular weight excluding hydrogens is 252 g/mol. The van der Waals surface area contributed by atoms with Crippen molar-refractivity contribution in [3.05, 3.63) is 35.2 Å². The van der Waals surface area contributed by atoms with Crippen LogP contribution in [0.5, 0.6) is 0 Å². The lowest BCUT2D eigenvalue weighted by molar-refractivity contribution is 0.390. The number of nitrogens with one attached hydrogen (secondary N) is 1. The fourth-order valence-corrected chi connectivity index (χ4v) is 2.40. The molecule has 1 atom stereocenters. The van der Waals surface area contributed by atoms with Crippen molar-refractivity contribution in [2.75, 3.05) is 0 Å². The zero-order valence-corrected chi connectivity index (χ0v) is 13.2. The van der Waals surface area contributed by atoms with Gasteiger partial charge in [0, 0.05) is 23.8 Å². The molecule has 2 aromatic rings. The summed E-state index contributed by atoms with van der Waals surface area (Å²) in [5.74, 6) is 0.874. The second-order valence-corrected chi connectivity index (χ2v) is 6.31. The van der Waals surface area contributed by atoms with Crippen LogP contribution >= 0.6 is 0 Å². The Kier molecular flexibility index (Phi) is 3.99. The lowest BCUT2D eigenvalue weighted by Crippen LogP contribution is -2.35. The molecule has 5 heteroatoms. The van der Waals surface area contributed by atoms with Gasteiger partial charge in [-0.2, -0.15) is 0 Å². The Morgan fingerprint density at radius 3 is 2.60 bits per heavy atom. The third-order valence-electron chi connectivity index (χ3n) is 3.47. The SMILES string of the molecule is Cc1noc(C)c1C(C)n1cncc1CNC(C)(C)C. The molecule has 0 fully saturated rings. The molecule has 2 heterocycles. The van der Waals surface area contributed by atoms with E-state index >= 15 is 0 Å². The molecule has 1 N–H and O–H groups in total. The van der Waals surface area contributed by atoms with Crippen LogP contribution in [-0.2, 0) is 6.54 Å². The first-order chi connectivity index (χ1) is 9.29. The van der Waals surface area contributed by atoms with E-state index in [4.69, 9.17) is 4.52 Å². The first-order valence-electron chi connectivity index (χ1n) is 6.98. The highest BCUT2D eigenvalue weighted by molar-refractivity contribution is 5.26. The number of aryl methyl sites for hydroxylation is 2. The smallest absolute Gasteiger partial charge is 0.139 e. The number of aromatic nitrogens is 3. The fraction of sp³-hybridized carbons (Fsp3) is 0.600. The Morgan fingerprint density at radius 1 is 1.35 bits per heavy atom. The van der Waals surface area contributed by atoms with Gasteiger partial charge < -0.3 is 14.4 Å². The van der Waals surface area contributed by atoms with Gasteiger partial charge in [-0.05, 0) is 41.5 Å². The molecule has 0 saturated heterocycles. The van der Waals surface area contributed by atoms with Gasteiger partial charge in [0.1, 0.15) is 5.76 Å². The van der Waals surface area contributed by atoms with Gasteiger partial charge in [-0.15, -0.1) is 0 Å². The van der Waals surface area contributed by atoms with Crippen molar-refractivity contribution >= 4 is 0 Å². The molecule has 0 spiro atoms. The number of hydrogen-bond acceptors (Lipinski definition) is 4. The Labute approximate surface area is 120 Å². The van der Waals surface area contributed by atoms with Crippen molar-refractivity contribution in [3.63, 3.8) is 0 Å². The Balaban J connectivity index is 2.24. The van der Waals surface area contributed by atoms with E-state index in [1.165, 1.54) is 0 Å². The zero-order chi connectivity index (χ0) is 14.9. The van der Waals surface area contributed by atoms with E-state index < -0.39 is 0 Å². The van der Waals surface area contributed by atoms with Crippen LogP contribution in [0.4, 0.5) is 0 Å². The Hall–Kier alpha value is -1.62. The van der Waals surface area contributed by atoms with Gasteiger partial charge >= 0.3 is 0 Å². The molecule has 1 unspecified atom stereocenters. The van der Waals surface area contributed by atoms with Crippen LogP contribution in [0.15, 0.2) is 17.0 Å². The fourth-order valence-electron chi connectivity index (χ4n) is 2.40. The molecule has 20 heavy (non-hydrogen) atoms. The standard InChI is InChI=1S/C15H24N4O/c1-10-14(12(3)20-18-10)11(2)19-9-16-7-13(19)8-17-15(4,5)6/h7,9,11,17H,8H2,1-6H3. The van der Waals surface area contributed by atoms with Crippen LogP contribution in [0.2, 0.25) is 0 Å². The molecule has 0 bridgehead atoms. The molecule has 110 valence electrons. The Morgan fingerprint density at radius 2 is 2.05 bits per heavy atom. The van der Waals surface area contributed by atoms with E-state index in [9.17, 15) is 0 Å². The summed E-state index contributed by atoms with van der Waals surface area (Å²) in [6.45, 7) is 13.3. The summed E-state index contributed by atoms with van der Waals surface area (Å²) < 4.78 is 7.44. The van der Waals surface area contributed by atoms with E-state index in [0.29, 0.717) is 0 Å². The van der Waals surface area contributed by atoms with Gasteiger partial charge in [-0.3, -0.25) is 0 Å². The van der Waals surface area contributed by atoms with Gasteiger partial charge in [0.2, 0.25) is 0 Å². The predicted octanol–water partition coefficient (Wildman–Crippen LogP) is 2.99. The molecule has 2 rings (SSSR count). The van der Waals surface area contributed by atoms with Crippen LogP contribution in [0.3, 0.4) is 0 Å². The minimum absolute atomic E-state index is 0.0847. The average Bonchev–Trinajstić information content (AvgIpc) is 2.92. The van der Waals surface area contributed by atoms with Crippen molar-refractivity contribution in [3.8, 4) is 0 Å². The summed E-state index contributed by atoms with van der Waals surface area (Å²) in [5.41, 5.74) is 3.33. The zero-order valence-electron chi connectivity index (χ0n) is 13.2. The summed E-state index contributed by atoms with van der Waals surface area (Å²) >= 11 is 0. The van der Waals surface area contributed by atoms with Crippen molar-refractivity contribution in [2.45, 2.75) is 59.7 Å². The average molecular weight is 276 g/mol. The first kappa shape index (κ1) is 14.8. The van der Waals surface area contributed by atoms with Crippen LogP contribution in [0, 0.1) is 13.8 Å². The monoisotopic (exact) mass is 276 g/mol. The summed E-state index contributed by atoms with van der Waals surface area (Å²) in [7, 11) is 0. The molecule has 5 nitrogen and oxygen atoms in total. The molecule has 0 amide bonds. The highest BCUT2D eigenvalue weighted by atomic mass is 16.5. The van der Waals surface area contributed by atoms with Crippen molar-refractivity contribution in [1.82, 2.24) is 20.0 Å². The molecule has 0 aliphatic carbocycles. The predicted molar refractivity (Wildman–Crippen MR) is 78.6 cm³/mol. The Bertz CT molecular complexity index is 557. The van der Waals surface area contributed by atoms with Gasteiger partial charge in [0.15, 0.2) is 0 Å². The molecule has 0 saturated carbocycles. The van der Waals surface area contributed by atoms with Crippen molar-refractivity contribution < 1.29 is 4.52 Å². The van der Waals surface area contributed by atoms with Gasteiger partial charge in [-0.1, -0.05) is 5.16 Å². The summed E-state index contributed by atoms with van der Waals surface area (Å²) in [6.07, 6.45) is 3.78. The van der Waals surface area contributed by atoms with Gasteiger partial charge in [-0.25, -0.2) is 4.98 Å². The van der Waals surface area contributed by atoms with E-state index in [1.54, 1.807) is 0 Å².